The maximum atomic E-state index is 13.4. The summed E-state index contributed by atoms with van der Waals surface area (Å²) in [6.45, 7) is 1.94. The molecular formula is C10H13FN2O2S. The van der Waals surface area contributed by atoms with E-state index in [1.807, 2.05) is 6.92 Å². The average Bonchev–Trinajstić information content (AvgIpc) is 2.79. The molecule has 3 N–H and O–H groups in total. The quantitative estimate of drug-likeness (QED) is 0.782. The molecule has 0 aromatic heterocycles. The van der Waals surface area contributed by atoms with Crippen molar-refractivity contribution in [1.82, 2.24) is 4.72 Å². The molecule has 1 saturated carbocycles. The summed E-state index contributed by atoms with van der Waals surface area (Å²) >= 11 is 0. The summed E-state index contributed by atoms with van der Waals surface area (Å²) in [4.78, 5) is -0.346. The number of benzene rings is 1. The highest BCUT2D eigenvalue weighted by Crippen LogP contribution is 2.31. The van der Waals surface area contributed by atoms with Crippen molar-refractivity contribution in [1.29, 1.82) is 0 Å². The van der Waals surface area contributed by atoms with Gasteiger partial charge in [0.15, 0.2) is 0 Å². The molecule has 4 nitrogen and oxygen atoms in total. The van der Waals surface area contributed by atoms with Crippen LogP contribution in [0.2, 0.25) is 0 Å². The lowest BCUT2D eigenvalue weighted by Gasteiger charge is -2.07. The molecule has 2 atom stereocenters. The van der Waals surface area contributed by atoms with Crippen molar-refractivity contribution < 1.29 is 12.8 Å². The van der Waals surface area contributed by atoms with Crippen molar-refractivity contribution >= 4 is 15.7 Å². The van der Waals surface area contributed by atoms with Gasteiger partial charge in [0.2, 0.25) is 10.0 Å². The van der Waals surface area contributed by atoms with Crippen molar-refractivity contribution in [2.75, 3.05) is 5.73 Å². The van der Waals surface area contributed by atoms with Gasteiger partial charge in [-0.15, -0.1) is 0 Å². The summed E-state index contributed by atoms with van der Waals surface area (Å²) in [7, 11) is -3.76. The van der Waals surface area contributed by atoms with E-state index in [0.717, 1.165) is 12.5 Å². The minimum absolute atomic E-state index is 0.0676. The molecule has 1 aliphatic carbocycles. The Morgan fingerprint density at radius 2 is 2.12 bits per heavy atom. The van der Waals surface area contributed by atoms with Crippen molar-refractivity contribution in [3.05, 3.63) is 24.0 Å². The topological polar surface area (TPSA) is 72.2 Å². The van der Waals surface area contributed by atoms with Gasteiger partial charge in [0.05, 0.1) is 0 Å². The minimum atomic E-state index is -3.76. The molecule has 0 radical (unpaired) electrons. The number of nitrogens with two attached hydrogens (primary N) is 1. The number of nitrogens with one attached hydrogen (secondary N) is 1. The van der Waals surface area contributed by atoms with Gasteiger partial charge in [-0.05, 0) is 30.5 Å². The lowest BCUT2D eigenvalue weighted by atomic mass is 10.3. The molecule has 2 unspecified atom stereocenters. The van der Waals surface area contributed by atoms with E-state index in [2.05, 4.69) is 4.72 Å². The Morgan fingerprint density at radius 3 is 2.62 bits per heavy atom. The Kier molecular flexibility index (Phi) is 2.63. The Bertz CT molecular complexity index is 516. The Morgan fingerprint density at radius 1 is 1.50 bits per heavy atom. The van der Waals surface area contributed by atoms with E-state index in [-0.39, 0.29) is 16.6 Å². The Labute approximate surface area is 93.7 Å². The first-order valence-corrected chi connectivity index (χ1v) is 6.46. The number of anilines is 1. The zero-order valence-corrected chi connectivity index (χ0v) is 9.59. The van der Waals surface area contributed by atoms with Gasteiger partial charge >= 0.3 is 0 Å². The highest BCUT2D eigenvalue weighted by Gasteiger charge is 2.37. The molecule has 1 aromatic carbocycles. The Balaban J connectivity index is 2.28. The molecule has 88 valence electrons. The number of sulfonamides is 1. The largest absolute Gasteiger partial charge is 0.399 e. The molecule has 16 heavy (non-hydrogen) atoms. The fraction of sp³-hybridized carbons (Fsp3) is 0.400. The van der Waals surface area contributed by atoms with Crippen molar-refractivity contribution in [3.63, 3.8) is 0 Å². The van der Waals surface area contributed by atoms with Gasteiger partial charge < -0.3 is 5.73 Å². The molecule has 2 rings (SSSR count). The molecule has 6 heteroatoms. The first kappa shape index (κ1) is 11.3. The molecule has 0 spiro atoms. The number of halogens is 1. The van der Waals surface area contributed by atoms with Gasteiger partial charge in [-0.3, -0.25) is 0 Å². The third-order valence-corrected chi connectivity index (χ3v) is 4.18. The molecule has 1 aliphatic rings. The van der Waals surface area contributed by atoms with Crippen LogP contribution in [0.4, 0.5) is 10.1 Å². The van der Waals surface area contributed by atoms with Crippen LogP contribution in [-0.4, -0.2) is 14.5 Å². The van der Waals surface area contributed by atoms with Crippen LogP contribution >= 0.6 is 0 Å². The second kappa shape index (κ2) is 3.71. The van der Waals surface area contributed by atoms with Crippen molar-refractivity contribution in [2.24, 2.45) is 5.92 Å². The van der Waals surface area contributed by atoms with Gasteiger partial charge in [-0.1, -0.05) is 6.92 Å². The second-order valence-corrected chi connectivity index (χ2v) is 5.81. The highest BCUT2D eigenvalue weighted by molar-refractivity contribution is 7.89. The van der Waals surface area contributed by atoms with Crippen LogP contribution in [0.15, 0.2) is 23.1 Å². The standard InChI is InChI=1S/C10H13FN2O2S/c1-6-4-9(6)13-16(14,15)10-3-2-7(12)5-8(10)11/h2-3,5-6,9,13H,4,12H2,1H3. The van der Waals surface area contributed by atoms with Crippen LogP contribution in [0, 0.1) is 11.7 Å². The number of hydrogen-bond donors (Lipinski definition) is 2. The van der Waals surface area contributed by atoms with Gasteiger partial charge in [-0.25, -0.2) is 17.5 Å². The maximum absolute atomic E-state index is 13.4. The summed E-state index contributed by atoms with van der Waals surface area (Å²) in [6, 6.07) is 3.49. The van der Waals surface area contributed by atoms with Crippen molar-refractivity contribution in [2.45, 2.75) is 24.3 Å². The smallest absolute Gasteiger partial charge is 0.243 e. The molecule has 1 fully saturated rings. The number of nitrogen functional groups attached to an aromatic ring is 1. The van der Waals surface area contributed by atoms with Crippen LogP contribution < -0.4 is 10.5 Å². The van der Waals surface area contributed by atoms with E-state index >= 15 is 0 Å². The van der Waals surface area contributed by atoms with Crippen molar-refractivity contribution in [3.8, 4) is 0 Å². The third-order valence-electron chi connectivity index (χ3n) is 2.66. The molecule has 1 aromatic rings. The molecule has 0 saturated heterocycles. The van der Waals surface area contributed by atoms with Crippen LogP contribution in [-0.2, 0) is 10.0 Å². The molecular weight excluding hydrogens is 231 g/mol. The predicted octanol–water partition coefficient (Wildman–Crippen LogP) is 1.09. The fourth-order valence-electron chi connectivity index (χ4n) is 1.48. The molecule has 0 heterocycles. The highest BCUT2D eigenvalue weighted by atomic mass is 32.2. The summed E-state index contributed by atoms with van der Waals surface area (Å²) < 4.78 is 39.4. The van der Waals surface area contributed by atoms with Crippen LogP contribution in [0.3, 0.4) is 0 Å². The zero-order valence-electron chi connectivity index (χ0n) is 8.77. The van der Waals surface area contributed by atoms with E-state index in [1.165, 1.54) is 12.1 Å². The summed E-state index contributed by atoms with van der Waals surface area (Å²) in [5.41, 5.74) is 5.56. The van der Waals surface area contributed by atoms with Gasteiger partial charge in [-0.2, -0.15) is 0 Å². The first-order valence-electron chi connectivity index (χ1n) is 4.97. The lowest BCUT2D eigenvalue weighted by Crippen LogP contribution is -2.27. The minimum Gasteiger partial charge on any atom is -0.399 e. The van der Waals surface area contributed by atoms with Crippen LogP contribution in [0.1, 0.15) is 13.3 Å². The third kappa shape index (κ3) is 2.17. The monoisotopic (exact) mass is 244 g/mol. The van der Waals surface area contributed by atoms with Crippen LogP contribution in [0.25, 0.3) is 0 Å². The number of rotatable bonds is 3. The average molecular weight is 244 g/mol. The van der Waals surface area contributed by atoms with E-state index in [4.69, 9.17) is 5.73 Å². The predicted molar refractivity (Wildman–Crippen MR) is 58.7 cm³/mol. The summed E-state index contributed by atoms with van der Waals surface area (Å²) in [6.07, 6.45) is 0.801. The summed E-state index contributed by atoms with van der Waals surface area (Å²) in [5, 5.41) is 0. The fourth-order valence-corrected chi connectivity index (χ4v) is 2.90. The molecule has 0 bridgehead atoms. The zero-order chi connectivity index (χ0) is 11.9. The van der Waals surface area contributed by atoms with E-state index in [0.29, 0.717) is 5.92 Å². The van der Waals surface area contributed by atoms with Gasteiger partial charge in [0, 0.05) is 11.7 Å². The number of hydrogen-bond acceptors (Lipinski definition) is 3. The van der Waals surface area contributed by atoms with Crippen LogP contribution in [0.5, 0.6) is 0 Å². The second-order valence-electron chi connectivity index (χ2n) is 4.13. The van der Waals surface area contributed by atoms with Gasteiger partial charge in [0.25, 0.3) is 0 Å². The van der Waals surface area contributed by atoms with E-state index in [9.17, 15) is 12.8 Å². The Hall–Kier alpha value is -1.14. The molecule has 0 amide bonds. The lowest BCUT2D eigenvalue weighted by molar-refractivity contribution is 0.555. The van der Waals surface area contributed by atoms with Gasteiger partial charge in [0.1, 0.15) is 10.7 Å². The molecule has 0 aliphatic heterocycles. The van der Waals surface area contributed by atoms with E-state index < -0.39 is 15.8 Å². The SMILES string of the molecule is CC1CC1NS(=O)(=O)c1ccc(N)cc1F. The maximum Gasteiger partial charge on any atom is 0.243 e. The van der Waals surface area contributed by atoms with E-state index in [1.54, 1.807) is 0 Å². The summed E-state index contributed by atoms with van der Waals surface area (Å²) in [5.74, 6) is -0.493. The normalized spacial score (nSPS) is 24.4. The first-order chi connectivity index (χ1) is 7.40.